The second-order valence-electron chi connectivity index (χ2n) is 4.36. The van der Waals surface area contributed by atoms with Gasteiger partial charge in [0.15, 0.2) is 0 Å². The third-order valence-electron chi connectivity index (χ3n) is 2.58. The molecule has 118 valence electrons. The first-order chi connectivity index (χ1) is 9.70. The van der Waals surface area contributed by atoms with Gasteiger partial charge in [-0.15, -0.1) is 13.2 Å². The van der Waals surface area contributed by atoms with Crippen molar-refractivity contribution < 1.29 is 19.1 Å². The van der Waals surface area contributed by atoms with Crippen molar-refractivity contribution in [3.8, 4) is 0 Å². The number of unbranched alkanes of at least 4 members (excludes halogenated alkanes) is 4. The number of carbonyl (C=O) groups excluding carboxylic acids is 2. The predicted molar refractivity (Wildman–Crippen MR) is 81.5 cm³/mol. The van der Waals surface area contributed by atoms with Gasteiger partial charge < -0.3 is 9.47 Å². The van der Waals surface area contributed by atoms with E-state index in [9.17, 15) is 9.59 Å². The topological polar surface area (TPSA) is 52.6 Å². The lowest BCUT2D eigenvalue weighted by molar-refractivity contribution is -0.152. The van der Waals surface area contributed by atoms with Crippen LogP contribution in [0.1, 0.15) is 65.2 Å². The van der Waals surface area contributed by atoms with Gasteiger partial charge in [-0.25, -0.2) is 0 Å². The van der Waals surface area contributed by atoms with Crippen molar-refractivity contribution in [3.05, 3.63) is 13.2 Å². The Bertz CT molecular complexity index is 215. The first-order valence-electron chi connectivity index (χ1n) is 7.52. The molecule has 20 heavy (non-hydrogen) atoms. The minimum Gasteiger partial charge on any atom is -0.462 e. The molecular weight excluding hydrogens is 256 g/mol. The summed E-state index contributed by atoms with van der Waals surface area (Å²) in [4.78, 5) is 22.4. The molecule has 0 bridgehead atoms. The van der Waals surface area contributed by atoms with Gasteiger partial charge in [0.2, 0.25) is 0 Å². The summed E-state index contributed by atoms with van der Waals surface area (Å²) >= 11 is 0. The Morgan fingerprint density at radius 3 is 1.40 bits per heavy atom. The lowest BCUT2D eigenvalue weighted by Crippen LogP contribution is -2.13. The molecular formula is C16H30O4. The van der Waals surface area contributed by atoms with Crippen molar-refractivity contribution in [3.63, 3.8) is 0 Å². The predicted octanol–water partition coefficient (Wildman–Crippen LogP) is 4.04. The molecule has 0 unspecified atom stereocenters. The Balaban J connectivity index is 0. The molecule has 0 rings (SSSR count). The fourth-order valence-corrected chi connectivity index (χ4v) is 1.49. The van der Waals surface area contributed by atoms with Gasteiger partial charge in [-0.3, -0.25) is 9.59 Å². The van der Waals surface area contributed by atoms with E-state index < -0.39 is 0 Å². The average Bonchev–Trinajstić information content (AvgIpc) is 2.46. The summed E-state index contributed by atoms with van der Waals surface area (Å²) in [7, 11) is 0. The van der Waals surface area contributed by atoms with Crippen molar-refractivity contribution in [2.24, 2.45) is 0 Å². The fourth-order valence-electron chi connectivity index (χ4n) is 1.49. The monoisotopic (exact) mass is 286 g/mol. The first kappa shape index (κ1) is 21.0. The minimum atomic E-state index is -0.203. The van der Waals surface area contributed by atoms with E-state index in [4.69, 9.17) is 9.47 Å². The summed E-state index contributed by atoms with van der Waals surface area (Å²) in [6.07, 6.45) is 6.91. The zero-order chi connectivity index (χ0) is 15.6. The Morgan fingerprint density at radius 2 is 1.10 bits per heavy atom. The van der Waals surface area contributed by atoms with Crippen LogP contribution in [0.5, 0.6) is 0 Å². The lowest BCUT2D eigenvalue weighted by Gasteiger charge is -2.06. The third kappa shape index (κ3) is 16.7. The van der Waals surface area contributed by atoms with Crippen molar-refractivity contribution in [2.45, 2.75) is 65.2 Å². The summed E-state index contributed by atoms with van der Waals surface area (Å²) in [6.45, 7) is 10.5. The van der Waals surface area contributed by atoms with E-state index in [1.54, 1.807) is 0 Å². The Hall–Kier alpha value is -1.32. The summed E-state index contributed by atoms with van der Waals surface area (Å²) in [5.74, 6) is -0.407. The van der Waals surface area contributed by atoms with Crippen LogP contribution >= 0.6 is 0 Å². The zero-order valence-corrected chi connectivity index (χ0v) is 13.1. The molecule has 0 N–H and O–H groups in total. The van der Waals surface area contributed by atoms with Crippen molar-refractivity contribution in [1.29, 1.82) is 0 Å². The van der Waals surface area contributed by atoms with Crippen LogP contribution < -0.4 is 0 Å². The van der Waals surface area contributed by atoms with Gasteiger partial charge in [-0.1, -0.05) is 39.5 Å². The summed E-state index contributed by atoms with van der Waals surface area (Å²) in [5.41, 5.74) is 0. The average molecular weight is 286 g/mol. The molecule has 0 fully saturated rings. The first-order valence-corrected chi connectivity index (χ1v) is 7.52. The molecule has 0 amide bonds. The van der Waals surface area contributed by atoms with Crippen LogP contribution in [0.15, 0.2) is 13.2 Å². The molecule has 0 aliphatic carbocycles. The van der Waals surface area contributed by atoms with Crippen molar-refractivity contribution in [1.82, 2.24) is 0 Å². The maximum absolute atomic E-state index is 11.2. The lowest BCUT2D eigenvalue weighted by atomic mass is 10.2. The number of rotatable bonds is 11. The van der Waals surface area contributed by atoms with Crippen LogP contribution in [0.4, 0.5) is 0 Å². The molecule has 0 aromatic rings. The van der Waals surface area contributed by atoms with Crippen LogP contribution in [0, 0.1) is 0 Å². The highest BCUT2D eigenvalue weighted by molar-refractivity contribution is 5.70. The number of esters is 2. The normalized spacial score (nSPS) is 9.30. The number of carbonyl (C=O) groups is 2. The van der Waals surface area contributed by atoms with Gasteiger partial charge in [-0.2, -0.15) is 0 Å². The van der Waals surface area contributed by atoms with Gasteiger partial charge in [0.05, 0.1) is 0 Å². The van der Waals surface area contributed by atoms with Gasteiger partial charge >= 0.3 is 11.9 Å². The molecule has 0 saturated heterocycles. The quantitative estimate of drug-likeness (QED) is 0.327. The Labute approximate surface area is 123 Å². The molecule has 0 aromatic heterocycles. The zero-order valence-electron chi connectivity index (χ0n) is 13.1. The third-order valence-corrected chi connectivity index (χ3v) is 2.58. The van der Waals surface area contributed by atoms with Crippen LogP contribution in [0.3, 0.4) is 0 Å². The Morgan fingerprint density at radius 1 is 0.750 bits per heavy atom. The molecule has 0 atom stereocenters. The maximum atomic E-state index is 11.2. The summed E-state index contributed by atoms with van der Waals surface area (Å²) in [6, 6.07) is 0. The van der Waals surface area contributed by atoms with E-state index in [0.717, 1.165) is 38.5 Å². The van der Waals surface area contributed by atoms with Gasteiger partial charge in [0, 0.05) is 12.8 Å². The van der Waals surface area contributed by atoms with E-state index in [1.807, 2.05) is 0 Å². The highest BCUT2D eigenvalue weighted by Crippen LogP contribution is 2.02. The number of hydrogen-bond donors (Lipinski definition) is 0. The second kappa shape index (κ2) is 17.7. The summed E-state index contributed by atoms with van der Waals surface area (Å²) in [5, 5.41) is 0. The Kier molecular flexibility index (Phi) is 18.6. The molecule has 0 heterocycles. The molecule has 0 aliphatic rings. The molecule has 0 radical (unpaired) electrons. The van der Waals surface area contributed by atoms with Gasteiger partial charge in [0.1, 0.15) is 13.2 Å². The number of hydrogen-bond acceptors (Lipinski definition) is 4. The molecule has 0 saturated carbocycles. The molecule has 0 aliphatic heterocycles. The SMILES string of the molecule is C=C.CCCCCC(=O)OCCOC(=O)CCCCC. The molecule has 4 nitrogen and oxygen atoms in total. The van der Waals surface area contributed by atoms with Crippen molar-refractivity contribution >= 4 is 11.9 Å². The van der Waals surface area contributed by atoms with E-state index >= 15 is 0 Å². The van der Waals surface area contributed by atoms with E-state index in [0.29, 0.717) is 12.8 Å². The minimum absolute atomic E-state index is 0.171. The van der Waals surface area contributed by atoms with E-state index in [2.05, 4.69) is 27.0 Å². The molecule has 4 heteroatoms. The van der Waals surface area contributed by atoms with E-state index in [1.165, 1.54) is 0 Å². The highest BCUT2D eigenvalue weighted by Gasteiger charge is 2.04. The highest BCUT2D eigenvalue weighted by atomic mass is 16.6. The van der Waals surface area contributed by atoms with E-state index in [-0.39, 0.29) is 25.2 Å². The van der Waals surface area contributed by atoms with Crippen molar-refractivity contribution in [2.75, 3.05) is 13.2 Å². The van der Waals surface area contributed by atoms with Crippen LogP contribution in [-0.4, -0.2) is 25.2 Å². The smallest absolute Gasteiger partial charge is 0.305 e. The standard InChI is InChI=1S/C14H26O4.C2H4/c1-3-5-7-9-13(15)17-11-12-18-14(16)10-8-6-4-2;1-2/h3-12H2,1-2H3;1-2H2. The van der Waals surface area contributed by atoms with Gasteiger partial charge in [-0.05, 0) is 12.8 Å². The van der Waals surface area contributed by atoms with Gasteiger partial charge in [0.25, 0.3) is 0 Å². The number of ether oxygens (including phenoxy) is 2. The second-order valence-corrected chi connectivity index (χ2v) is 4.36. The molecule has 0 spiro atoms. The fraction of sp³-hybridized carbons (Fsp3) is 0.750. The van der Waals surface area contributed by atoms with Crippen LogP contribution in [0.2, 0.25) is 0 Å². The summed E-state index contributed by atoms with van der Waals surface area (Å²) < 4.78 is 9.90. The van der Waals surface area contributed by atoms with Crippen LogP contribution in [-0.2, 0) is 19.1 Å². The maximum Gasteiger partial charge on any atom is 0.305 e. The van der Waals surface area contributed by atoms with Crippen LogP contribution in [0.25, 0.3) is 0 Å². The largest absolute Gasteiger partial charge is 0.462 e. The molecule has 0 aromatic carbocycles.